The quantitative estimate of drug-likeness (QED) is 0.782. The highest BCUT2D eigenvalue weighted by molar-refractivity contribution is 6.33. The highest BCUT2D eigenvalue weighted by Crippen LogP contribution is 2.20. The lowest BCUT2D eigenvalue weighted by Gasteiger charge is -2.33. The van der Waals surface area contributed by atoms with Crippen molar-refractivity contribution in [2.45, 2.75) is 0 Å². The van der Waals surface area contributed by atoms with E-state index in [-0.39, 0.29) is 24.2 Å². The summed E-state index contributed by atoms with van der Waals surface area (Å²) >= 11 is 6.05. The van der Waals surface area contributed by atoms with Crippen LogP contribution in [0.1, 0.15) is 5.56 Å². The molecule has 2 amide bonds. The molecule has 0 aromatic heterocycles. The molecule has 28 heavy (non-hydrogen) atoms. The second-order valence-corrected chi connectivity index (χ2v) is 6.89. The first-order valence-corrected chi connectivity index (χ1v) is 9.39. The molecule has 1 heterocycles. The third-order valence-corrected chi connectivity index (χ3v) is 4.84. The van der Waals surface area contributed by atoms with Gasteiger partial charge in [0.25, 0.3) is 0 Å². The second-order valence-electron chi connectivity index (χ2n) is 6.48. The number of para-hydroxylation sites is 1. The van der Waals surface area contributed by atoms with Crippen LogP contribution in [0, 0.1) is 5.82 Å². The molecule has 5 nitrogen and oxygen atoms in total. The van der Waals surface area contributed by atoms with Crippen LogP contribution in [0.5, 0.6) is 0 Å². The third-order valence-electron chi connectivity index (χ3n) is 4.51. The number of rotatable bonds is 5. The number of halogens is 2. The predicted octanol–water partition coefficient (Wildman–Crippen LogP) is 3.28. The fourth-order valence-corrected chi connectivity index (χ4v) is 3.14. The van der Waals surface area contributed by atoms with Crippen LogP contribution >= 0.6 is 11.6 Å². The molecule has 0 radical (unpaired) electrons. The highest BCUT2D eigenvalue weighted by atomic mass is 35.5. The molecule has 0 saturated carbocycles. The fourth-order valence-electron chi connectivity index (χ4n) is 2.96. The molecule has 2 aromatic carbocycles. The van der Waals surface area contributed by atoms with Crippen molar-refractivity contribution in [3.05, 3.63) is 71.0 Å². The third kappa shape index (κ3) is 5.41. The first kappa shape index (κ1) is 20.0. The number of benzene rings is 2. The van der Waals surface area contributed by atoms with Gasteiger partial charge in [0.2, 0.25) is 11.8 Å². The summed E-state index contributed by atoms with van der Waals surface area (Å²) < 4.78 is 13.6. The van der Waals surface area contributed by atoms with E-state index in [2.05, 4.69) is 5.32 Å². The molecule has 0 bridgehead atoms. The Bertz CT molecular complexity index is 879. The van der Waals surface area contributed by atoms with Gasteiger partial charge in [0.05, 0.1) is 17.3 Å². The Morgan fingerprint density at radius 2 is 1.71 bits per heavy atom. The standard InChI is InChI=1S/C21H21ClFN3O2/c22-17-6-2-4-8-19(17)24-20(27)15-25-11-13-26(14-12-25)21(28)10-9-16-5-1-3-7-18(16)23/h1-10H,11-15H2,(H,24,27)/b10-9+. The first-order valence-electron chi connectivity index (χ1n) is 9.01. The molecule has 1 aliphatic heterocycles. The van der Waals surface area contributed by atoms with E-state index in [4.69, 9.17) is 11.6 Å². The summed E-state index contributed by atoms with van der Waals surface area (Å²) in [4.78, 5) is 28.2. The van der Waals surface area contributed by atoms with Crippen molar-refractivity contribution in [2.24, 2.45) is 0 Å². The molecule has 1 N–H and O–H groups in total. The molecule has 2 aromatic rings. The van der Waals surface area contributed by atoms with E-state index in [0.717, 1.165) is 0 Å². The Morgan fingerprint density at radius 1 is 1.04 bits per heavy atom. The Balaban J connectivity index is 1.46. The zero-order chi connectivity index (χ0) is 19.9. The molecule has 1 aliphatic rings. The molecule has 7 heteroatoms. The van der Waals surface area contributed by atoms with Crippen LogP contribution in [0.2, 0.25) is 5.02 Å². The Hall–Kier alpha value is -2.70. The van der Waals surface area contributed by atoms with Gasteiger partial charge in [0.1, 0.15) is 5.82 Å². The zero-order valence-electron chi connectivity index (χ0n) is 15.3. The number of nitrogens with zero attached hydrogens (tertiary/aromatic N) is 2. The number of hydrogen-bond acceptors (Lipinski definition) is 3. The smallest absolute Gasteiger partial charge is 0.246 e. The normalized spacial score (nSPS) is 15.0. The number of nitrogens with one attached hydrogen (secondary N) is 1. The van der Waals surface area contributed by atoms with E-state index >= 15 is 0 Å². The summed E-state index contributed by atoms with van der Waals surface area (Å²) in [5.41, 5.74) is 0.965. The monoisotopic (exact) mass is 401 g/mol. The number of amides is 2. The summed E-state index contributed by atoms with van der Waals surface area (Å²) in [5, 5.41) is 3.29. The minimum atomic E-state index is -0.360. The molecule has 1 saturated heterocycles. The van der Waals surface area contributed by atoms with Gasteiger partial charge in [0, 0.05) is 37.8 Å². The molecule has 0 atom stereocenters. The van der Waals surface area contributed by atoms with E-state index in [1.165, 1.54) is 18.2 Å². The molecule has 1 fully saturated rings. The van der Waals surface area contributed by atoms with Crippen molar-refractivity contribution in [3.8, 4) is 0 Å². The number of piperazine rings is 1. The van der Waals surface area contributed by atoms with Gasteiger partial charge >= 0.3 is 0 Å². The van der Waals surface area contributed by atoms with Gasteiger partial charge in [-0.15, -0.1) is 0 Å². The summed E-state index contributed by atoms with van der Waals surface area (Å²) in [6.45, 7) is 2.45. The van der Waals surface area contributed by atoms with E-state index in [0.29, 0.717) is 42.5 Å². The van der Waals surface area contributed by atoms with Gasteiger partial charge < -0.3 is 10.2 Å². The van der Waals surface area contributed by atoms with Crippen molar-refractivity contribution in [1.82, 2.24) is 9.80 Å². The van der Waals surface area contributed by atoms with Gasteiger partial charge in [-0.2, -0.15) is 0 Å². The molecular formula is C21H21ClFN3O2. The maximum atomic E-state index is 13.6. The molecule has 3 rings (SSSR count). The van der Waals surface area contributed by atoms with Crippen molar-refractivity contribution < 1.29 is 14.0 Å². The van der Waals surface area contributed by atoms with Gasteiger partial charge in [-0.25, -0.2) is 4.39 Å². The van der Waals surface area contributed by atoms with E-state index in [1.54, 1.807) is 47.4 Å². The summed E-state index contributed by atoms with van der Waals surface area (Å²) in [6.07, 6.45) is 2.87. The average molecular weight is 402 g/mol. The average Bonchev–Trinajstić information content (AvgIpc) is 2.69. The number of hydrogen-bond donors (Lipinski definition) is 1. The Labute approximate surface area is 168 Å². The van der Waals surface area contributed by atoms with Gasteiger partial charge in [0.15, 0.2) is 0 Å². The van der Waals surface area contributed by atoms with Crippen molar-refractivity contribution in [2.75, 3.05) is 38.0 Å². The largest absolute Gasteiger partial charge is 0.337 e. The van der Waals surface area contributed by atoms with Gasteiger partial charge in [-0.3, -0.25) is 14.5 Å². The van der Waals surface area contributed by atoms with Crippen LogP contribution in [-0.2, 0) is 9.59 Å². The van der Waals surface area contributed by atoms with E-state index < -0.39 is 0 Å². The predicted molar refractivity (Wildman–Crippen MR) is 109 cm³/mol. The number of anilines is 1. The molecule has 0 spiro atoms. The minimum Gasteiger partial charge on any atom is -0.337 e. The SMILES string of the molecule is O=C(CN1CCN(C(=O)/C=C/c2ccccc2F)CC1)Nc1ccccc1Cl. The maximum Gasteiger partial charge on any atom is 0.246 e. The van der Waals surface area contributed by atoms with Gasteiger partial charge in [-0.1, -0.05) is 41.9 Å². The van der Waals surface area contributed by atoms with Crippen molar-refractivity contribution >= 4 is 35.2 Å². The zero-order valence-corrected chi connectivity index (χ0v) is 16.0. The van der Waals surface area contributed by atoms with E-state index in [9.17, 15) is 14.0 Å². The topological polar surface area (TPSA) is 52.7 Å². The van der Waals surface area contributed by atoms with Crippen LogP contribution in [0.25, 0.3) is 6.08 Å². The van der Waals surface area contributed by atoms with Crippen LogP contribution in [0.15, 0.2) is 54.6 Å². The highest BCUT2D eigenvalue weighted by Gasteiger charge is 2.21. The lowest BCUT2D eigenvalue weighted by atomic mass is 10.2. The van der Waals surface area contributed by atoms with Crippen LogP contribution in [-0.4, -0.2) is 54.3 Å². The molecule has 146 valence electrons. The molecule has 0 aliphatic carbocycles. The summed E-state index contributed by atoms with van der Waals surface area (Å²) in [7, 11) is 0. The Morgan fingerprint density at radius 3 is 2.43 bits per heavy atom. The van der Waals surface area contributed by atoms with Crippen LogP contribution in [0.4, 0.5) is 10.1 Å². The summed E-state index contributed by atoms with van der Waals surface area (Å²) in [6, 6.07) is 13.4. The Kier molecular flexibility index (Phi) is 6.79. The first-order chi connectivity index (χ1) is 13.5. The lowest BCUT2D eigenvalue weighted by molar-refractivity contribution is -0.127. The second kappa shape index (κ2) is 9.48. The lowest BCUT2D eigenvalue weighted by Crippen LogP contribution is -2.50. The van der Waals surface area contributed by atoms with E-state index in [1.807, 2.05) is 4.90 Å². The number of carbonyl (C=O) groups is 2. The molecular weight excluding hydrogens is 381 g/mol. The number of carbonyl (C=O) groups excluding carboxylic acids is 2. The molecule has 0 unspecified atom stereocenters. The van der Waals surface area contributed by atoms with Crippen molar-refractivity contribution in [1.29, 1.82) is 0 Å². The summed E-state index contributed by atoms with van der Waals surface area (Å²) in [5.74, 6) is -0.670. The van der Waals surface area contributed by atoms with Crippen LogP contribution in [0.3, 0.4) is 0 Å². The van der Waals surface area contributed by atoms with Crippen LogP contribution < -0.4 is 5.32 Å². The van der Waals surface area contributed by atoms with Crippen molar-refractivity contribution in [3.63, 3.8) is 0 Å². The van der Waals surface area contributed by atoms with Gasteiger partial charge in [-0.05, 0) is 24.3 Å². The maximum absolute atomic E-state index is 13.6. The minimum absolute atomic E-state index is 0.146. The fraction of sp³-hybridized carbons (Fsp3) is 0.238.